The third-order valence-corrected chi connectivity index (χ3v) is 5.73. The normalized spacial score (nSPS) is 19.6. The summed E-state index contributed by atoms with van der Waals surface area (Å²) in [6.07, 6.45) is 3.40. The SMILES string of the molecule is O=C(NC1CCc2ccccc21)C1CCN(c2ccccc2[N+](=O)[O-])CC1. The van der Waals surface area contributed by atoms with Gasteiger partial charge in [0.05, 0.1) is 11.0 Å². The van der Waals surface area contributed by atoms with Crippen LogP contribution in [0.2, 0.25) is 0 Å². The number of carbonyl (C=O) groups excluding carboxylic acids is 1. The average Bonchev–Trinajstić information content (AvgIpc) is 3.11. The van der Waals surface area contributed by atoms with Gasteiger partial charge in [0.25, 0.3) is 5.69 Å². The summed E-state index contributed by atoms with van der Waals surface area (Å²) in [5.74, 6) is 0.0793. The number of anilines is 1. The van der Waals surface area contributed by atoms with Gasteiger partial charge in [0.15, 0.2) is 0 Å². The monoisotopic (exact) mass is 365 g/mol. The quantitative estimate of drug-likeness (QED) is 0.663. The first-order chi connectivity index (χ1) is 13.1. The molecule has 0 spiro atoms. The largest absolute Gasteiger partial charge is 0.366 e. The Hall–Kier alpha value is -2.89. The lowest BCUT2D eigenvalue weighted by Gasteiger charge is -2.33. The van der Waals surface area contributed by atoms with Crippen molar-refractivity contribution in [1.82, 2.24) is 5.32 Å². The van der Waals surface area contributed by atoms with E-state index in [-0.39, 0.29) is 28.5 Å². The second-order valence-electron chi connectivity index (χ2n) is 7.31. The molecule has 4 rings (SSSR count). The fourth-order valence-electron chi connectivity index (χ4n) is 4.27. The van der Waals surface area contributed by atoms with E-state index in [0.717, 1.165) is 12.8 Å². The zero-order chi connectivity index (χ0) is 18.8. The first-order valence-electron chi connectivity index (χ1n) is 9.50. The molecule has 1 aliphatic carbocycles. The van der Waals surface area contributed by atoms with Crippen LogP contribution >= 0.6 is 0 Å². The molecule has 1 heterocycles. The van der Waals surface area contributed by atoms with Crippen LogP contribution in [0.1, 0.15) is 36.4 Å². The number of fused-ring (bicyclic) bond motifs is 1. The van der Waals surface area contributed by atoms with Crippen molar-refractivity contribution >= 4 is 17.3 Å². The molecule has 140 valence electrons. The van der Waals surface area contributed by atoms with Crippen LogP contribution in [-0.2, 0) is 11.2 Å². The maximum Gasteiger partial charge on any atom is 0.292 e. The number of para-hydroxylation sites is 2. The molecule has 0 bridgehead atoms. The van der Waals surface area contributed by atoms with Gasteiger partial charge < -0.3 is 10.2 Å². The Labute approximate surface area is 158 Å². The number of aryl methyl sites for hydroxylation is 1. The Balaban J connectivity index is 1.37. The van der Waals surface area contributed by atoms with Gasteiger partial charge in [-0.3, -0.25) is 14.9 Å². The van der Waals surface area contributed by atoms with Crippen LogP contribution in [0, 0.1) is 16.0 Å². The molecule has 1 N–H and O–H groups in total. The number of nitrogens with one attached hydrogen (secondary N) is 1. The first-order valence-corrected chi connectivity index (χ1v) is 9.50. The lowest BCUT2D eigenvalue weighted by Crippen LogP contribution is -2.41. The molecule has 6 nitrogen and oxygen atoms in total. The summed E-state index contributed by atoms with van der Waals surface area (Å²) in [5.41, 5.74) is 3.34. The molecular formula is C21H23N3O3. The van der Waals surface area contributed by atoms with Gasteiger partial charge in [-0.1, -0.05) is 36.4 Å². The van der Waals surface area contributed by atoms with Crippen molar-refractivity contribution in [3.63, 3.8) is 0 Å². The fraction of sp³-hybridized carbons (Fsp3) is 0.381. The topological polar surface area (TPSA) is 75.5 Å². The summed E-state index contributed by atoms with van der Waals surface area (Å²) < 4.78 is 0. The summed E-state index contributed by atoms with van der Waals surface area (Å²) in [7, 11) is 0. The number of nitrogens with zero attached hydrogens (tertiary/aromatic N) is 2. The first kappa shape index (κ1) is 17.5. The molecule has 27 heavy (non-hydrogen) atoms. The lowest BCUT2D eigenvalue weighted by atomic mass is 9.94. The molecule has 0 saturated carbocycles. The zero-order valence-electron chi connectivity index (χ0n) is 15.1. The molecule has 1 aliphatic heterocycles. The van der Waals surface area contributed by atoms with E-state index in [1.807, 2.05) is 23.1 Å². The van der Waals surface area contributed by atoms with Gasteiger partial charge in [-0.05, 0) is 42.9 Å². The number of piperidine rings is 1. The van der Waals surface area contributed by atoms with Crippen LogP contribution in [0.4, 0.5) is 11.4 Å². The van der Waals surface area contributed by atoms with Crippen LogP contribution in [0.25, 0.3) is 0 Å². The smallest absolute Gasteiger partial charge is 0.292 e. The van der Waals surface area contributed by atoms with Crippen molar-refractivity contribution in [1.29, 1.82) is 0 Å². The van der Waals surface area contributed by atoms with E-state index >= 15 is 0 Å². The minimum absolute atomic E-state index is 0.0308. The maximum absolute atomic E-state index is 12.7. The van der Waals surface area contributed by atoms with E-state index in [1.54, 1.807) is 12.1 Å². The van der Waals surface area contributed by atoms with Crippen molar-refractivity contribution in [2.45, 2.75) is 31.7 Å². The van der Waals surface area contributed by atoms with Crippen molar-refractivity contribution in [2.75, 3.05) is 18.0 Å². The van der Waals surface area contributed by atoms with Crippen molar-refractivity contribution in [3.05, 3.63) is 69.8 Å². The lowest BCUT2D eigenvalue weighted by molar-refractivity contribution is -0.384. The molecule has 2 aromatic rings. The molecular weight excluding hydrogens is 342 g/mol. The van der Waals surface area contributed by atoms with Crippen LogP contribution in [0.3, 0.4) is 0 Å². The van der Waals surface area contributed by atoms with Gasteiger partial charge in [0.1, 0.15) is 5.69 Å². The van der Waals surface area contributed by atoms with Crippen molar-refractivity contribution in [3.8, 4) is 0 Å². The predicted molar refractivity (Wildman–Crippen MR) is 104 cm³/mol. The Morgan fingerprint density at radius 3 is 2.52 bits per heavy atom. The average molecular weight is 365 g/mol. The second kappa shape index (κ2) is 7.39. The number of amides is 1. The van der Waals surface area contributed by atoms with Crippen LogP contribution < -0.4 is 10.2 Å². The van der Waals surface area contributed by atoms with Gasteiger partial charge in [0.2, 0.25) is 5.91 Å². The Morgan fingerprint density at radius 1 is 1.04 bits per heavy atom. The maximum atomic E-state index is 12.7. The van der Waals surface area contributed by atoms with Crippen molar-refractivity contribution < 1.29 is 9.72 Å². The van der Waals surface area contributed by atoms with Crippen LogP contribution in [-0.4, -0.2) is 23.9 Å². The zero-order valence-corrected chi connectivity index (χ0v) is 15.1. The molecule has 2 aliphatic rings. The third kappa shape index (κ3) is 3.52. The van der Waals surface area contributed by atoms with Gasteiger partial charge >= 0.3 is 0 Å². The molecule has 1 saturated heterocycles. The highest BCUT2D eigenvalue weighted by Gasteiger charge is 2.30. The van der Waals surface area contributed by atoms with E-state index in [0.29, 0.717) is 31.6 Å². The summed E-state index contributed by atoms with van der Waals surface area (Å²) in [6, 6.07) is 15.2. The molecule has 2 aromatic carbocycles. The Morgan fingerprint density at radius 2 is 1.74 bits per heavy atom. The standard InChI is InChI=1S/C21H23N3O3/c25-21(22-18-10-9-15-5-1-2-6-17(15)18)16-11-13-23(14-12-16)19-7-3-4-8-20(19)24(26)27/h1-8,16,18H,9-14H2,(H,22,25). The molecule has 1 fully saturated rings. The molecule has 0 radical (unpaired) electrons. The third-order valence-electron chi connectivity index (χ3n) is 5.73. The molecule has 1 unspecified atom stereocenters. The number of carbonyl (C=O) groups is 1. The number of rotatable bonds is 4. The minimum atomic E-state index is -0.342. The summed E-state index contributed by atoms with van der Waals surface area (Å²) >= 11 is 0. The van der Waals surface area contributed by atoms with E-state index in [9.17, 15) is 14.9 Å². The number of benzene rings is 2. The fourth-order valence-corrected chi connectivity index (χ4v) is 4.27. The Kier molecular flexibility index (Phi) is 4.79. The number of hydrogen-bond donors (Lipinski definition) is 1. The highest BCUT2D eigenvalue weighted by Crippen LogP contribution is 2.33. The summed E-state index contributed by atoms with van der Waals surface area (Å²) in [4.78, 5) is 25.7. The number of nitro groups is 1. The van der Waals surface area contributed by atoms with Gasteiger partial charge in [-0.2, -0.15) is 0 Å². The van der Waals surface area contributed by atoms with E-state index in [1.165, 1.54) is 17.2 Å². The van der Waals surface area contributed by atoms with Gasteiger partial charge in [-0.25, -0.2) is 0 Å². The van der Waals surface area contributed by atoms with Crippen LogP contribution in [0.5, 0.6) is 0 Å². The highest BCUT2D eigenvalue weighted by atomic mass is 16.6. The predicted octanol–water partition coefficient (Wildman–Crippen LogP) is 3.61. The van der Waals surface area contributed by atoms with Crippen LogP contribution in [0.15, 0.2) is 48.5 Å². The van der Waals surface area contributed by atoms with E-state index in [4.69, 9.17) is 0 Å². The summed E-state index contributed by atoms with van der Waals surface area (Å²) in [5, 5.41) is 14.5. The van der Waals surface area contributed by atoms with Crippen molar-refractivity contribution in [2.24, 2.45) is 5.92 Å². The van der Waals surface area contributed by atoms with Gasteiger partial charge in [0, 0.05) is 25.1 Å². The number of nitro benzene ring substituents is 1. The molecule has 0 aromatic heterocycles. The Bertz CT molecular complexity index is 859. The molecule has 1 amide bonds. The van der Waals surface area contributed by atoms with E-state index < -0.39 is 0 Å². The van der Waals surface area contributed by atoms with E-state index in [2.05, 4.69) is 17.4 Å². The summed E-state index contributed by atoms with van der Waals surface area (Å²) in [6.45, 7) is 1.31. The minimum Gasteiger partial charge on any atom is -0.366 e. The molecule has 6 heteroatoms. The highest BCUT2D eigenvalue weighted by molar-refractivity contribution is 5.80. The second-order valence-corrected chi connectivity index (χ2v) is 7.31. The molecule has 1 atom stereocenters. The number of hydrogen-bond acceptors (Lipinski definition) is 4. The van der Waals surface area contributed by atoms with Gasteiger partial charge in [-0.15, -0.1) is 0 Å².